The van der Waals surface area contributed by atoms with Gasteiger partial charge < -0.3 is 10.6 Å². The van der Waals surface area contributed by atoms with E-state index in [4.69, 9.17) is 5.73 Å². The Hall–Kier alpha value is -1.95. The molecule has 0 spiro atoms. The highest BCUT2D eigenvalue weighted by Crippen LogP contribution is 2.42. The highest BCUT2D eigenvalue weighted by Gasteiger charge is 2.43. The lowest BCUT2D eigenvalue weighted by molar-refractivity contribution is -0.122. The molecule has 0 aliphatic carbocycles. The van der Waals surface area contributed by atoms with E-state index >= 15 is 0 Å². The van der Waals surface area contributed by atoms with Crippen LogP contribution in [-0.2, 0) is 16.8 Å². The maximum atomic E-state index is 12.5. The summed E-state index contributed by atoms with van der Waals surface area (Å²) >= 11 is 1.31. The van der Waals surface area contributed by atoms with E-state index in [-0.39, 0.29) is 5.91 Å². The van der Waals surface area contributed by atoms with Gasteiger partial charge in [0.25, 0.3) is 0 Å². The number of fused-ring (bicyclic) bond motifs is 1. The lowest BCUT2D eigenvalue weighted by atomic mass is 9.86. The summed E-state index contributed by atoms with van der Waals surface area (Å²) in [6, 6.07) is 7.86. The number of carbonyl (C=O) groups excluding carboxylic acids is 1. The van der Waals surface area contributed by atoms with E-state index in [2.05, 4.69) is 10.2 Å². The number of anilines is 2. The Bertz CT molecular complexity index is 650. The zero-order valence-electron chi connectivity index (χ0n) is 10.8. The molecule has 1 aliphatic rings. The van der Waals surface area contributed by atoms with Crippen molar-refractivity contribution in [1.82, 2.24) is 10.2 Å². The predicted octanol–water partition coefficient (Wildman–Crippen LogP) is 1.94. The molecular formula is C13H14N4OS. The summed E-state index contributed by atoms with van der Waals surface area (Å²) in [5.41, 5.74) is 7.09. The fraction of sp³-hybridized carbons (Fsp3) is 0.308. The molecule has 1 amide bonds. The SMILES string of the molecule is CC1(C)C(=O)N(Cc2nnc(N)s2)c2ccccc21. The summed E-state index contributed by atoms with van der Waals surface area (Å²) in [4.78, 5) is 14.3. The molecule has 1 aliphatic heterocycles. The van der Waals surface area contributed by atoms with Crippen LogP contribution in [0.5, 0.6) is 0 Å². The quantitative estimate of drug-likeness (QED) is 0.908. The van der Waals surface area contributed by atoms with Crippen molar-refractivity contribution in [2.45, 2.75) is 25.8 Å². The molecule has 0 fully saturated rings. The Balaban J connectivity index is 2.01. The van der Waals surface area contributed by atoms with E-state index in [1.54, 1.807) is 4.90 Å². The maximum Gasteiger partial charge on any atom is 0.237 e. The van der Waals surface area contributed by atoms with Crippen LogP contribution in [0.4, 0.5) is 10.8 Å². The number of hydrogen-bond donors (Lipinski definition) is 1. The molecule has 1 aromatic heterocycles. The third-order valence-corrected chi connectivity index (χ3v) is 4.16. The molecule has 0 unspecified atom stereocenters. The number of hydrogen-bond acceptors (Lipinski definition) is 5. The molecule has 0 bridgehead atoms. The van der Waals surface area contributed by atoms with Gasteiger partial charge in [0, 0.05) is 5.69 Å². The number of aromatic nitrogens is 2. The molecule has 3 rings (SSSR count). The van der Waals surface area contributed by atoms with Gasteiger partial charge in [-0.3, -0.25) is 4.79 Å². The zero-order chi connectivity index (χ0) is 13.6. The molecule has 98 valence electrons. The number of rotatable bonds is 2. The van der Waals surface area contributed by atoms with Gasteiger partial charge in [0.15, 0.2) is 0 Å². The molecule has 0 saturated heterocycles. The molecule has 5 nitrogen and oxygen atoms in total. The molecule has 0 radical (unpaired) electrons. The molecule has 19 heavy (non-hydrogen) atoms. The van der Waals surface area contributed by atoms with Crippen LogP contribution in [0.15, 0.2) is 24.3 Å². The largest absolute Gasteiger partial charge is 0.374 e. The van der Waals surface area contributed by atoms with Crippen molar-refractivity contribution in [2.75, 3.05) is 10.6 Å². The maximum absolute atomic E-state index is 12.5. The van der Waals surface area contributed by atoms with Gasteiger partial charge in [0.2, 0.25) is 11.0 Å². The number of benzene rings is 1. The Kier molecular flexibility index (Phi) is 2.56. The van der Waals surface area contributed by atoms with Crippen LogP contribution in [0.25, 0.3) is 0 Å². The Morgan fingerprint density at radius 1 is 1.32 bits per heavy atom. The normalized spacial score (nSPS) is 16.7. The number of amides is 1. The highest BCUT2D eigenvalue weighted by atomic mass is 32.1. The number of nitrogen functional groups attached to an aromatic ring is 1. The lowest BCUT2D eigenvalue weighted by Crippen LogP contribution is -2.35. The Morgan fingerprint density at radius 2 is 2.05 bits per heavy atom. The summed E-state index contributed by atoms with van der Waals surface area (Å²) in [5.74, 6) is 0.0856. The Morgan fingerprint density at radius 3 is 2.74 bits per heavy atom. The average molecular weight is 274 g/mol. The topological polar surface area (TPSA) is 72.1 Å². The van der Waals surface area contributed by atoms with Gasteiger partial charge in [-0.05, 0) is 25.5 Å². The van der Waals surface area contributed by atoms with Crippen molar-refractivity contribution in [3.63, 3.8) is 0 Å². The second-order valence-electron chi connectivity index (χ2n) is 5.07. The summed E-state index contributed by atoms with van der Waals surface area (Å²) in [7, 11) is 0. The van der Waals surface area contributed by atoms with Crippen LogP contribution < -0.4 is 10.6 Å². The van der Waals surface area contributed by atoms with Crippen LogP contribution in [0.2, 0.25) is 0 Å². The molecule has 0 atom stereocenters. The van der Waals surface area contributed by atoms with E-state index in [1.165, 1.54) is 11.3 Å². The minimum absolute atomic E-state index is 0.0856. The fourth-order valence-electron chi connectivity index (χ4n) is 2.42. The minimum atomic E-state index is -0.493. The molecule has 1 aromatic carbocycles. The molecule has 0 saturated carbocycles. The first-order chi connectivity index (χ1) is 9.00. The van der Waals surface area contributed by atoms with E-state index in [0.29, 0.717) is 11.7 Å². The second kappa shape index (κ2) is 4.03. The van der Waals surface area contributed by atoms with Crippen molar-refractivity contribution in [2.24, 2.45) is 0 Å². The van der Waals surface area contributed by atoms with Crippen molar-refractivity contribution < 1.29 is 4.79 Å². The number of nitrogens with two attached hydrogens (primary N) is 1. The van der Waals surface area contributed by atoms with Gasteiger partial charge in [-0.15, -0.1) is 10.2 Å². The smallest absolute Gasteiger partial charge is 0.237 e. The number of para-hydroxylation sites is 1. The van der Waals surface area contributed by atoms with Crippen molar-refractivity contribution in [1.29, 1.82) is 0 Å². The van der Waals surface area contributed by atoms with Gasteiger partial charge >= 0.3 is 0 Å². The van der Waals surface area contributed by atoms with E-state index in [1.807, 2.05) is 38.1 Å². The molecule has 6 heteroatoms. The molecule has 2 aromatic rings. The Labute approximate surface area is 115 Å². The molecular weight excluding hydrogens is 260 g/mol. The molecule has 2 N–H and O–H groups in total. The monoisotopic (exact) mass is 274 g/mol. The van der Waals surface area contributed by atoms with Gasteiger partial charge in [-0.2, -0.15) is 0 Å². The summed E-state index contributed by atoms with van der Waals surface area (Å²) in [5, 5.41) is 8.94. The van der Waals surface area contributed by atoms with Gasteiger partial charge in [-0.25, -0.2) is 0 Å². The van der Waals surface area contributed by atoms with Crippen molar-refractivity contribution in [3.8, 4) is 0 Å². The third kappa shape index (κ3) is 1.79. The van der Waals surface area contributed by atoms with Gasteiger partial charge in [-0.1, -0.05) is 29.5 Å². The van der Waals surface area contributed by atoms with Gasteiger partial charge in [0.1, 0.15) is 5.01 Å². The van der Waals surface area contributed by atoms with Crippen LogP contribution in [0.1, 0.15) is 24.4 Å². The van der Waals surface area contributed by atoms with Crippen molar-refractivity contribution in [3.05, 3.63) is 34.8 Å². The van der Waals surface area contributed by atoms with Crippen molar-refractivity contribution >= 4 is 28.1 Å². The first-order valence-electron chi connectivity index (χ1n) is 5.99. The molecule has 2 heterocycles. The lowest BCUT2D eigenvalue weighted by Gasteiger charge is -2.19. The fourth-order valence-corrected chi connectivity index (χ4v) is 3.02. The zero-order valence-corrected chi connectivity index (χ0v) is 11.6. The summed E-state index contributed by atoms with van der Waals surface area (Å²) in [6.07, 6.45) is 0. The summed E-state index contributed by atoms with van der Waals surface area (Å²) in [6.45, 7) is 4.32. The van der Waals surface area contributed by atoms with E-state index < -0.39 is 5.41 Å². The average Bonchev–Trinajstić information content (AvgIpc) is 2.87. The number of nitrogens with zero attached hydrogens (tertiary/aromatic N) is 3. The van der Waals surface area contributed by atoms with Crippen LogP contribution in [0.3, 0.4) is 0 Å². The summed E-state index contributed by atoms with van der Waals surface area (Å²) < 4.78 is 0. The first kappa shape index (κ1) is 12.1. The van der Waals surface area contributed by atoms with E-state index in [9.17, 15) is 4.79 Å². The highest BCUT2D eigenvalue weighted by molar-refractivity contribution is 7.15. The third-order valence-electron chi connectivity index (χ3n) is 3.42. The second-order valence-corrected chi connectivity index (χ2v) is 6.16. The van der Waals surface area contributed by atoms with Crippen LogP contribution in [0, 0.1) is 0 Å². The number of carbonyl (C=O) groups is 1. The standard InChI is InChI=1S/C13H14N4OS/c1-13(2)8-5-3-4-6-9(8)17(11(13)18)7-10-15-16-12(14)19-10/h3-6H,7H2,1-2H3,(H2,14,16). The first-order valence-corrected chi connectivity index (χ1v) is 6.81. The van der Waals surface area contributed by atoms with E-state index in [0.717, 1.165) is 16.3 Å². The van der Waals surface area contributed by atoms with Crippen LogP contribution >= 0.6 is 11.3 Å². The van der Waals surface area contributed by atoms with Gasteiger partial charge in [0.05, 0.1) is 12.0 Å². The predicted molar refractivity (Wildman–Crippen MR) is 75.0 cm³/mol. The minimum Gasteiger partial charge on any atom is -0.374 e. The van der Waals surface area contributed by atoms with Crippen LogP contribution in [-0.4, -0.2) is 16.1 Å².